The van der Waals surface area contributed by atoms with Gasteiger partial charge in [-0.15, -0.1) is 0 Å². The van der Waals surface area contributed by atoms with Crippen molar-refractivity contribution in [3.63, 3.8) is 0 Å². The monoisotopic (exact) mass is 281 g/mol. The molecule has 2 N–H and O–H groups in total. The zero-order valence-electron chi connectivity index (χ0n) is 13.7. The van der Waals surface area contributed by atoms with Crippen LogP contribution in [-0.4, -0.2) is 49.7 Å². The van der Waals surface area contributed by atoms with Crippen molar-refractivity contribution in [2.45, 2.75) is 70.9 Å². The Hall–Kier alpha value is -0.120. The Morgan fingerprint density at radius 2 is 1.55 bits per heavy atom. The first kappa shape index (κ1) is 16.3. The molecule has 3 nitrogen and oxygen atoms in total. The van der Waals surface area contributed by atoms with Crippen molar-refractivity contribution in [2.24, 2.45) is 5.92 Å². The quantitative estimate of drug-likeness (QED) is 0.815. The highest BCUT2D eigenvalue weighted by atomic mass is 15.2. The summed E-state index contributed by atoms with van der Waals surface area (Å²) < 4.78 is 0. The van der Waals surface area contributed by atoms with E-state index in [-0.39, 0.29) is 0 Å². The molecule has 118 valence electrons. The average Bonchev–Trinajstić information content (AvgIpc) is 3.04. The van der Waals surface area contributed by atoms with E-state index >= 15 is 0 Å². The van der Waals surface area contributed by atoms with E-state index in [1.165, 1.54) is 77.7 Å². The lowest BCUT2D eigenvalue weighted by Gasteiger charge is -2.36. The van der Waals surface area contributed by atoms with E-state index in [1.807, 2.05) is 0 Å². The Morgan fingerprint density at radius 3 is 2.05 bits per heavy atom. The van der Waals surface area contributed by atoms with Crippen LogP contribution in [0.2, 0.25) is 0 Å². The van der Waals surface area contributed by atoms with Gasteiger partial charge in [0.15, 0.2) is 0 Å². The highest BCUT2D eigenvalue weighted by Crippen LogP contribution is 2.22. The van der Waals surface area contributed by atoms with E-state index in [4.69, 9.17) is 0 Å². The number of nitrogens with one attached hydrogen (secondary N) is 2. The second-order valence-corrected chi connectivity index (χ2v) is 7.02. The van der Waals surface area contributed by atoms with Crippen LogP contribution in [0.5, 0.6) is 0 Å². The minimum absolute atomic E-state index is 0.815. The zero-order valence-corrected chi connectivity index (χ0v) is 13.7. The van der Waals surface area contributed by atoms with Crippen LogP contribution >= 0.6 is 0 Å². The molecule has 3 heteroatoms. The maximum Gasteiger partial charge on any atom is 0.0110 e. The molecule has 2 heterocycles. The SMILES string of the molecule is C1CCC(N2CCNCC2)CC1.CC(C)C1CCCN1. The standard InChI is InChI=1S/C10H20N2.C7H15N/c1-2-4-10(5-3-1)12-8-6-11-7-9-12;1-6(2)7-4-3-5-8-7/h10-11H,1-9H2;6-8H,3-5H2,1-2H3. The fourth-order valence-corrected chi connectivity index (χ4v) is 3.77. The molecule has 0 aromatic heterocycles. The van der Waals surface area contributed by atoms with Gasteiger partial charge in [-0.2, -0.15) is 0 Å². The van der Waals surface area contributed by atoms with Crippen molar-refractivity contribution in [2.75, 3.05) is 32.7 Å². The minimum Gasteiger partial charge on any atom is -0.314 e. The van der Waals surface area contributed by atoms with E-state index in [1.54, 1.807) is 0 Å². The van der Waals surface area contributed by atoms with E-state index < -0.39 is 0 Å². The van der Waals surface area contributed by atoms with Crippen molar-refractivity contribution in [1.82, 2.24) is 15.5 Å². The first-order valence-electron chi connectivity index (χ1n) is 8.95. The van der Waals surface area contributed by atoms with Crippen LogP contribution in [0.1, 0.15) is 58.8 Å². The molecule has 1 saturated carbocycles. The molecule has 0 bridgehead atoms. The van der Waals surface area contributed by atoms with Crippen molar-refractivity contribution in [3.05, 3.63) is 0 Å². The summed E-state index contributed by atoms with van der Waals surface area (Å²) in [4.78, 5) is 2.69. The molecule has 0 aromatic rings. The summed E-state index contributed by atoms with van der Waals surface area (Å²) in [7, 11) is 0. The largest absolute Gasteiger partial charge is 0.314 e. The van der Waals surface area contributed by atoms with Crippen molar-refractivity contribution in [3.8, 4) is 0 Å². The fourth-order valence-electron chi connectivity index (χ4n) is 3.77. The molecule has 0 aromatic carbocycles. The molecule has 2 saturated heterocycles. The second-order valence-electron chi connectivity index (χ2n) is 7.02. The Labute approximate surface area is 125 Å². The van der Waals surface area contributed by atoms with Gasteiger partial charge < -0.3 is 10.6 Å². The molecule has 1 unspecified atom stereocenters. The number of hydrogen-bond acceptors (Lipinski definition) is 3. The van der Waals surface area contributed by atoms with Gasteiger partial charge in [0.25, 0.3) is 0 Å². The van der Waals surface area contributed by atoms with E-state index in [0.29, 0.717) is 0 Å². The van der Waals surface area contributed by atoms with Gasteiger partial charge >= 0.3 is 0 Å². The number of hydrogen-bond donors (Lipinski definition) is 2. The molecule has 0 amide bonds. The van der Waals surface area contributed by atoms with Crippen molar-refractivity contribution in [1.29, 1.82) is 0 Å². The maximum absolute atomic E-state index is 3.46. The third-order valence-electron chi connectivity index (χ3n) is 5.15. The van der Waals surface area contributed by atoms with E-state index in [0.717, 1.165) is 18.0 Å². The first-order chi connectivity index (χ1) is 9.77. The molecule has 20 heavy (non-hydrogen) atoms. The molecular formula is C17H35N3. The summed E-state index contributed by atoms with van der Waals surface area (Å²) in [6.45, 7) is 10.8. The molecule has 1 atom stereocenters. The molecule has 3 fully saturated rings. The van der Waals surface area contributed by atoms with E-state index in [9.17, 15) is 0 Å². The molecule has 2 aliphatic heterocycles. The summed E-state index contributed by atoms with van der Waals surface area (Å²) >= 11 is 0. The van der Waals surface area contributed by atoms with Crippen LogP contribution in [-0.2, 0) is 0 Å². The predicted molar refractivity (Wildman–Crippen MR) is 87.2 cm³/mol. The lowest BCUT2D eigenvalue weighted by Crippen LogP contribution is -2.48. The third-order valence-corrected chi connectivity index (χ3v) is 5.15. The molecule has 1 aliphatic carbocycles. The smallest absolute Gasteiger partial charge is 0.0110 e. The second kappa shape index (κ2) is 9.01. The molecule has 3 aliphatic rings. The van der Waals surface area contributed by atoms with Crippen LogP contribution in [0.4, 0.5) is 0 Å². The maximum atomic E-state index is 3.46. The molecule has 0 spiro atoms. The molecule has 0 radical (unpaired) electrons. The van der Waals surface area contributed by atoms with Gasteiger partial charge in [0, 0.05) is 38.3 Å². The minimum atomic E-state index is 0.815. The normalized spacial score (nSPS) is 29.2. The Balaban J connectivity index is 0.000000160. The fraction of sp³-hybridized carbons (Fsp3) is 1.00. The van der Waals surface area contributed by atoms with Crippen LogP contribution in [0.15, 0.2) is 0 Å². The van der Waals surface area contributed by atoms with Crippen molar-refractivity contribution >= 4 is 0 Å². The molecule has 3 rings (SSSR count). The zero-order chi connectivity index (χ0) is 14.2. The number of nitrogens with zero attached hydrogens (tertiary/aromatic N) is 1. The van der Waals surface area contributed by atoms with Crippen molar-refractivity contribution < 1.29 is 0 Å². The number of piperazine rings is 1. The van der Waals surface area contributed by atoms with Crippen LogP contribution < -0.4 is 10.6 Å². The Morgan fingerprint density at radius 1 is 0.850 bits per heavy atom. The van der Waals surface area contributed by atoms with Gasteiger partial charge in [0.1, 0.15) is 0 Å². The summed E-state index contributed by atoms with van der Waals surface area (Å²) in [6, 6.07) is 1.75. The number of rotatable bonds is 2. The Bertz CT molecular complexity index is 221. The highest BCUT2D eigenvalue weighted by molar-refractivity contribution is 4.79. The van der Waals surface area contributed by atoms with Gasteiger partial charge in [-0.25, -0.2) is 0 Å². The Kier molecular flexibility index (Phi) is 7.32. The summed E-state index contributed by atoms with van der Waals surface area (Å²) in [5.41, 5.74) is 0. The lowest BCUT2D eigenvalue weighted by atomic mass is 9.94. The average molecular weight is 281 g/mol. The topological polar surface area (TPSA) is 27.3 Å². The highest BCUT2D eigenvalue weighted by Gasteiger charge is 2.21. The van der Waals surface area contributed by atoms with Gasteiger partial charge in [0.05, 0.1) is 0 Å². The van der Waals surface area contributed by atoms with E-state index in [2.05, 4.69) is 29.4 Å². The van der Waals surface area contributed by atoms with Gasteiger partial charge in [0.2, 0.25) is 0 Å². The summed E-state index contributed by atoms with van der Waals surface area (Å²) in [6.07, 6.45) is 10.1. The summed E-state index contributed by atoms with van der Waals surface area (Å²) in [5, 5.41) is 6.87. The van der Waals surface area contributed by atoms with Gasteiger partial charge in [-0.1, -0.05) is 33.1 Å². The third kappa shape index (κ3) is 5.34. The van der Waals surface area contributed by atoms with Crippen LogP contribution in [0.3, 0.4) is 0 Å². The molecular weight excluding hydrogens is 246 g/mol. The van der Waals surface area contributed by atoms with Crippen LogP contribution in [0.25, 0.3) is 0 Å². The predicted octanol–water partition coefficient (Wildman–Crippen LogP) is 2.62. The van der Waals surface area contributed by atoms with Gasteiger partial charge in [-0.3, -0.25) is 4.90 Å². The first-order valence-corrected chi connectivity index (χ1v) is 8.95. The lowest BCUT2D eigenvalue weighted by molar-refractivity contribution is 0.139. The van der Waals surface area contributed by atoms with Gasteiger partial charge in [-0.05, 0) is 38.1 Å². The summed E-state index contributed by atoms with van der Waals surface area (Å²) in [5.74, 6) is 0.831. The van der Waals surface area contributed by atoms with Crippen LogP contribution in [0, 0.1) is 5.92 Å².